The fourth-order valence-corrected chi connectivity index (χ4v) is 3.16. The number of pyridine rings is 1. The van der Waals surface area contributed by atoms with Crippen LogP contribution >= 0.6 is 0 Å². The van der Waals surface area contributed by atoms with E-state index in [1.165, 1.54) is 7.11 Å². The number of aromatic nitrogens is 1. The summed E-state index contributed by atoms with van der Waals surface area (Å²) in [6, 6.07) is 11.2. The van der Waals surface area contributed by atoms with Gasteiger partial charge in [-0.3, -0.25) is 0 Å². The van der Waals surface area contributed by atoms with Gasteiger partial charge in [0, 0.05) is 17.4 Å². The number of benzene rings is 2. The van der Waals surface area contributed by atoms with Crippen LogP contribution in [0.5, 0.6) is 5.75 Å². The molecule has 0 unspecified atom stereocenters. The van der Waals surface area contributed by atoms with E-state index in [-0.39, 0.29) is 16.0 Å². The third kappa shape index (κ3) is 3.39. The largest absolute Gasteiger partial charge is 0.612 e. The molecule has 2 N–H and O–H groups in total. The molecular weight excluding hydrogens is 332 g/mol. The highest BCUT2D eigenvalue weighted by Gasteiger charge is 2.21. The number of fused-ring (bicyclic) bond motifs is 2. The summed E-state index contributed by atoms with van der Waals surface area (Å²) in [6.45, 7) is 1.66. The number of aromatic amines is 1. The van der Waals surface area contributed by atoms with Crippen molar-refractivity contribution in [3.63, 3.8) is 0 Å². The number of anilines is 1. The van der Waals surface area contributed by atoms with E-state index in [0.29, 0.717) is 11.3 Å². The van der Waals surface area contributed by atoms with Crippen LogP contribution < -0.4 is 20.3 Å². The van der Waals surface area contributed by atoms with Gasteiger partial charge in [-0.05, 0) is 45.3 Å². The number of nitrogens with one attached hydrogen (secondary N) is 2. The van der Waals surface area contributed by atoms with Crippen LogP contribution in [0.1, 0.15) is 6.42 Å². The van der Waals surface area contributed by atoms with Gasteiger partial charge in [-0.2, -0.15) is 4.90 Å². The number of nitrogens with zero attached hydrogens (tertiary/aromatic N) is 2. The van der Waals surface area contributed by atoms with E-state index in [9.17, 15) is 10.4 Å². The standard InChI is InChI=1S/C19H23N4O3/c1-22(2)12-6-11-20-18-13-7-4-5-8-14(13)21-15-9-10-16(26-3)19(17(15)18)23(24)25/h4-5,7-10,20-21H,6,11-12H2,1-3H3/q-1. The lowest BCUT2D eigenvalue weighted by Gasteiger charge is -2.19. The highest BCUT2D eigenvalue weighted by atomic mass is 16.8. The summed E-state index contributed by atoms with van der Waals surface area (Å²) >= 11 is 0. The lowest BCUT2D eigenvalue weighted by Crippen LogP contribution is -2.25. The Kier molecular flexibility index (Phi) is 5.18. The first-order valence-electron chi connectivity index (χ1n) is 8.50. The Balaban J connectivity index is 2.24. The summed E-state index contributed by atoms with van der Waals surface area (Å²) in [5.74, 6) is 0.252. The molecule has 0 amide bonds. The maximum Gasteiger partial charge on any atom is 0.276 e. The zero-order chi connectivity index (χ0) is 18.7. The van der Waals surface area contributed by atoms with Crippen LogP contribution in [-0.4, -0.2) is 44.2 Å². The molecule has 0 radical (unpaired) electrons. The van der Waals surface area contributed by atoms with Crippen LogP contribution in [0.3, 0.4) is 0 Å². The van der Waals surface area contributed by atoms with Crippen molar-refractivity contribution in [2.75, 3.05) is 39.6 Å². The highest BCUT2D eigenvalue weighted by molar-refractivity contribution is 6.00. The minimum absolute atomic E-state index is 0.0258. The molecule has 2 aliphatic rings. The Hall–Kier alpha value is -2.93. The van der Waals surface area contributed by atoms with Crippen molar-refractivity contribution in [3.05, 3.63) is 52.2 Å². The fourth-order valence-electron chi connectivity index (χ4n) is 3.16. The van der Waals surface area contributed by atoms with Gasteiger partial charge in [0.05, 0.1) is 24.1 Å². The van der Waals surface area contributed by atoms with Crippen molar-refractivity contribution in [2.24, 2.45) is 0 Å². The zero-order valence-electron chi connectivity index (χ0n) is 15.2. The van der Waals surface area contributed by atoms with Crippen LogP contribution in [0.4, 0.5) is 5.69 Å². The summed E-state index contributed by atoms with van der Waals surface area (Å²) in [6.07, 6.45) is 0.930. The quantitative estimate of drug-likeness (QED) is 0.403. The highest BCUT2D eigenvalue weighted by Crippen LogP contribution is 2.34. The third-order valence-electron chi connectivity index (χ3n) is 4.34. The predicted octanol–water partition coefficient (Wildman–Crippen LogP) is 2.41. The first-order chi connectivity index (χ1) is 12.5. The molecule has 0 aromatic heterocycles. The molecule has 1 aliphatic heterocycles. The second kappa shape index (κ2) is 7.53. The molecule has 7 heteroatoms. The Bertz CT molecular complexity index is 945. The van der Waals surface area contributed by atoms with Crippen molar-refractivity contribution in [3.8, 4) is 17.0 Å². The van der Waals surface area contributed by atoms with E-state index in [4.69, 9.17) is 4.74 Å². The zero-order valence-corrected chi connectivity index (χ0v) is 15.2. The Morgan fingerprint density at radius 3 is 2.62 bits per heavy atom. The summed E-state index contributed by atoms with van der Waals surface area (Å²) in [5.41, 5.74) is 2.93. The van der Waals surface area contributed by atoms with Crippen molar-refractivity contribution in [1.82, 2.24) is 14.8 Å². The van der Waals surface area contributed by atoms with Crippen molar-refractivity contribution >= 4 is 16.6 Å². The van der Waals surface area contributed by atoms with Gasteiger partial charge in [-0.15, -0.1) is 0 Å². The van der Waals surface area contributed by atoms with E-state index in [0.717, 1.165) is 36.1 Å². The van der Waals surface area contributed by atoms with Crippen LogP contribution in [0.15, 0.2) is 36.4 Å². The minimum Gasteiger partial charge on any atom is -0.612 e. The smallest absolute Gasteiger partial charge is 0.276 e. The number of para-hydroxylation sites is 1. The molecule has 0 bridgehead atoms. The lowest BCUT2D eigenvalue weighted by atomic mass is 10.0. The van der Waals surface area contributed by atoms with Crippen molar-refractivity contribution in [2.45, 2.75) is 6.42 Å². The molecule has 138 valence electrons. The summed E-state index contributed by atoms with van der Waals surface area (Å²) < 4.78 is 5.25. The molecular formula is C19H23N4O3-. The molecule has 0 atom stereocenters. The number of hydrogen-bond acceptors (Lipinski definition) is 5. The first kappa shape index (κ1) is 17.9. The molecule has 7 nitrogen and oxygen atoms in total. The molecule has 26 heavy (non-hydrogen) atoms. The normalized spacial score (nSPS) is 11.2. The van der Waals surface area contributed by atoms with Gasteiger partial charge in [0.15, 0.2) is 5.75 Å². The number of methoxy groups -OCH3 is 1. The van der Waals surface area contributed by atoms with Gasteiger partial charge in [0.1, 0.15) is 0 Å². The topological polar surface area (TPSA) is 89.4 Å². The number of ether oxygens (including phenoxy) is 1. The Morgan fingerprint density at radius 1 is 1.15 bits per heavy atom. The van der Waals surface area contributed by atoms with Crippen LogP contribution in [-0.2, 0) is 0 Å². The van der Waals surface area contributed by atoms with Gasteiger partial charge in [-0.1, -0.05) is 18.2 Å². The van der Waals surface area contributed by atoms with Gasteiger partial charge >= 0.3 is 0 Å². The molecule has 1 aromatic carbocycles. The molecule has 0 saturated heterocycles. The number of rotatable bonds is 6. The van der Waals surface area contributed by atoms with E-state index in [2.05, 4.69) is 15.2 Å². The van der Waals surface area contributed by atoms with Crippen molar-refractivity contribution in [1.29, 1.82) is 0 Å². The molecule has 0 fully saturated rings. The molecule has 1 aromatic rings. The van der Waals surface area contributed by atoms with Gasteiger partial charge in [-0.25, -0.2) is 0 Å². The Morgan fingerprint density at radius 2 is 1.92 bits per heavy atom. The maximum absolute atomic E-state index is 11.8. The van der Waals surface area contributed by atoms with Crippen molar-refractivity contribution < 1.29 is 4.74 Å². The van der Waals surface area contributed by atoms with Crippen LogP contribution in [0, 0.1) is 10.4 Å². The molecule has 0 spiro atoms. The summed E-state index contributed by atoms with van der Waals surface area (Å²) in [4.78, 5) is 5.03. The maximum atomic E-state index is 11.8. The Labute approximate surface area is 152 Å². The van der Waals surface area contributed by atoms with E-state index in [1.54, 1.807) is 6.07 Å². The molecule has 1 heterocycles. The average Bonchev–Trinajstić information content (AvgIpc) is 2.62. The van der Waals surface area contributed by atoms with E-state index < -0.39 is 0 Å². The van der Waals surface area contributed by atoms with E-state index in [1.807, 2.05) is 44.4 Å². The second-order valence-corrected chi connectivity index (χ2v) is 6.43. The monoisotopic (exact) mass is 355 g/mol. The van der Waals surface area contributed by atoms with Crippen LogP contribution in [0.2, 0.25) is 0 Å². The summed E-state index contributed by atoms with van der Waals surface area (Å²) in [7, 11) is 5.50. The fraction of sp³-hybridized carbons (Fsp3) is 0.316. The number of hydrogen-bond donors (Lipinski definition) is 2. The molecule has 1 aliphatic carbocycles. The van der Waals surface area contributed by atoms with Crippen LogP contribution in [0.25, 0.3) is 22.2 Å². The first-order valence-corrected chi connectivity index (χ1v) is 8.50. The lowest BCUT2D eigenvalue weighted by molar-refractivity contribution is 0.405. The van der Waals surface area contributed by atoms with Gasteiger partial charge in [0.25, 0.3) is 5.36 Å². The van der Waals surface area contributed by atoms with Gasteiger partial charge < -0.3 is 30.4 Å². The predicted molar refractivity (Wildman–Crippen MR) is 105 cm³/mol. The number of H-pyrrole nitrogens is 1. The average molecular weight is 355 g/mol. The molecule has 0 saturated carbocycles. The van der Waals surface area contributed by atoms with E-state index >= 15 is 0 Å². The SMILES string of the molecule is COc1ccc2[nH]c3ccccc3c(NCCCN(C)C)c-2c1=[N+]([O-])[O-]. The molecule has 3 rings (SSSR count). The third-order valence-corrected chi connectivity index (χ3v) is 4.34. The second-order valence-electron chi connectivity index (χ2n) is 6.43. The minimum atomic E-state index is -0.380. The van der Waals surface area contributed by atoms with Gasteiger partial charge in [0.2, 0.25) is 0 Å². The summed E-state index contributed by atoms with van der Waals surface area (Å²) in [5, 5.41) is 27.9.